The molecule has 20 heavy (non-hydrogen) atoms. The quantitative estimate of drug-likeness (QED) is 0.881. The van der Waals surface area contributed by atoms with Crippen molar-refractivity contribution in [1.82, 2.24) is 0 Å². The fourth-order valence-corrected chi connectivity index (χ4v) is 2.57. The van der Waals surface area contributed by atoms with Gasteiger partial charge in [0.15, 0.2) is 0 Å². The Morgan fingerprint density at radius 3 is 2.65 bits per heavy atom. The van der Waals surface area contributed by atoms with Gasteiger partial charge in [0.1, 0.15) is 5.82 Å². The minimum atomic E-state index is -0.459. The standard InChI is InChI=1S/C16H15FN2O/c17-12-8-11-6-7-14(20)19-16(11)13(9-12)15(18)10-4-2-1-3-5-10/h1-5,8-9,15H,6-7,18H2,(H,19,20). The summed E-state index contributed by atoms with van der Waals surface area (Å²) in [6.07, 6.45) is 0.934. The Labute approximate surface area is 116 Å². The summed E-state index contributed by atoms with van der Waals surface area (Å²) >= 11 is 0. The lowest BCUT2D eigenvalue weighted by Crippen LogP contribution is -2.23. The predicted octanol–water partition coefficient (Wildman–Crippen LogP) is 2.76. The number of rotatable bonds is 2. The van der Waals surface area contributed by atoms with Crippen LogP contribution in [0.25, 0.3) is 0 Å². The SMILES string of the molecule is NC(c1ccccc1)c1cc(F)cc2c1NC(=O)CC2. The van der Waals surface area contributed by atoms with Crippen LogP contribution >= 0.6 is 0 Å². The molecule has 102 valence electrons. The number of amides is 1. The Bertz CT molecular complexity index is 655. The first-order valence-electron chi connectivity index (χ1n) is 6.58. The summed E-state index contributed by atoms with van der Waals surface area (Å²) in [5.41, 5.74) is 9.23. The molecule has 1 atom stereocenters. The number of aryl methyl sites for hydroxylation is 1. The summed E-state index contributed by atoms with van der Waals surface area (Å²) in [6.45, 7) is 0. The number of halogens is 1. The molecule has 2 aromatic carbocycles. The molecule has 1 amide bonds. The van der Waals surface area contributed by atoms with E-state index in [1.165, 1.54) is 12.1 Å². The van der Waals surface area contributed by atoms with Crippen molar-refractivity contribution < 1.29 is 9.18 Å². The smallest absolute Gasteiger partial charge is 0.224 e. The predicted molar refractivity (Wildman–Crippen MR) is 75.8 cm³/mol. The number of anilines is 1. The van der Waals surface area contributed by atoms with Crippen LogP contribution in [0.2, 0.25) is 0 Å². The average molecular weight is 270 g/mol. The molecule has 0 spiro atoms. The van der Waals surface area contributed by atoms with E-state index in [0.717, 1.165) is 11.1 Å². The van der Waals surface area contributed by atoms with Crippen molar-refractivity contribution in [3.8, 4) is 0 Å². The first-order chi connectivity index (χ1) is 9.65. The summed E-state index contributed by atoms with van der Waals surface area (Å²) in [7, 11) is 0. The van der Waals surface area contributed by atoms with Gasteiger partial charge in [-0.05, 0) is 29.7 Å². The average Bonchev–Trinajstić information content (AvgIpc) is 2.47. The van der Waals surface area contributed by atoms with Crippen LogP contribution in [0, 0.1) is 5.82 Å². The molecule has 1 aliphatic rings. The van der Waals surface area contributed by atoms with E-state index in [-0.39, 0.29) is 11.7 Å². The van der Waals surface area contributed by atoms with E-state index >= 15 is 0 Å². The molecule has 0 saturated carbocycles. The molecular weight excluding hydrogens is 255 g/mol. The number of nitrogens with two attached hydrogens (primary N) is 1. The lowest BCUT2D eigenvalue weighted by molar-refractivity contribution is -0.116. The Morgan fingerprint density at radius 1 is 1.15 bits per heavy atom. The van der Waals surface area contributed by atoms with Gasteiger partial charge >= 0.3 is 0 Å². The van der Waals surface area contributed by atoms with Crippen LogP contribution in [0.1, 0.15) is 29.2 Å². The Hall–Kier alpha value is -2.20. The lowest BCUT2D eigenvalue weighted by Gasteiger charge is -2.23. The molecule has 0 aliphatic carbocycles. The molecule has 2 aromatic rings. The van der Waals surface area contributed by atoms with Gasteiger partial charge in [0, 0.05) is 17.7 Å². The van der Waals surface area contributed by atoms with Gasteiger partial charge in [0.05, 0.1) is 6.04 Å². The van der Waals surface area contributed by atoms with E-state index in [4.69, 9.17) is 5.73 Å². The summed E-state index contributed by atoms with van der Waals surface area (Å²) < 4.78 is 13.8. The van der Waals surface area contributed by atoms with Gasteiger partial charge in [0.2, 0.25) is 5.91 Å². The second-order valence-electron chi connectivity index (χ2n) is 4.97. The molecule has 1 heterocycles. The zero-order valence-electron chi connectivity index (χ0n) is 10.9. The first-order valence-corrected chi connectivity index (χ1v) is 6.58. The molecule has 0 fully saturated rings. The number of carbonyl (C=O) groups excluding carboxylic acids is 1. The van der Waals surface area contributed by atoms with Crippen molar-refractivity contribution in [2.75, 3.05) is 5.32 Å². The molecule has 3 rings (SSSR count). The monoisotopic (exact) mass is 270 g/mol. The zero-order valence-corrected chi connectivity index (χ0v) is 10.9. The summed E-state index contributed by atoms with van der Waals surface area (Å²) in [4.78, 5) is 11.6. The highest BCUT2D eigenvalue weighted by atomic mass is 19.1. The van der Waals surface area contributed by atoms with Gasteiger partial charge in [0.25, 0.3) is 0 Å². The maximum absolute atomic E-state index is 13.8. The van der Waals surface area contributed by atoms with Crippen LogP contribution < -0.4 is 11.1 Å². The third kappa shape index (κ3) is 2.30. The maximum Gasteiger partial charge on any atom is 0.224 e. The second-order valence-corrected chi connectivity index (χ2v) is 4.97. The number of carbonyl (C=O) groups is 1. The van der Waals surface area contributed by atoms with E-state index in [2.05, 4.69) is 5.32 Å². The molecule has 0 bridgehead atoms. The summed E-state index contributed by atoms with van der Waals surface area (Å²) in [5.74, 6) is -0.369. The molecule has 0 aromatic heterocycles. The molecule has 4 heteroatoms. The third-order valence-electron chi connectivity index (χ3n) is 3.59. The van der Waals surface area contributed by atoms with Gasteiger partial charge < -0.3 is 11.1 Å². The fourth-order valence-electron chi connectivity index (χ4n) is 2.57. The van der Waals surface area contributed by atoms with E-state index in [1.54, 1.807) is 0 Å². The number of benzene rings is 2. The van der Waals surface area contributed by atoms with Gasteiger partial charge in [-0.3, -0.25) is 4.79 Å². The minimum absolute atomic E-state index is 0.0504. The highest BCUT2D eigenvalue weighted by molar-refractivity contribution is 5.95. The van der Waals surface area contributed by atoms with E-state index in [1.807, 2.05) is 30.3 Å². The third-order valence-corrected chi connectivity index (χ3v) is 3.59. The second kappa shape index (κ2) is 5.06. The van der Waals surface area contributed by atoms with Gasteiger partial charge in [-0.15, -0.1) is 0 Å². The fraction of sp³-hybridized carbons (Fsp3) is 0.188. The van der Waals surface area contributed by atoms with E-state index in [9.17, 15) is 9.18 Å². The number of nitrogens with one attached hydrogen (secondary N) is 1. The summed E-state index contributed by atoms with van der Waals surface area (Å²) in [6, 6.07) is 11.9. The number of hydrogen-bond acceptors (Lipinski definition) is 2. The van der Waals surface area contributed by atoms with Crippen LogP contribution in [0.4, 0.5) is 10.1 Å². The summed E-state index contributed by atoms with van der Waals surface area (Å²) in [5, 5.41) is 2.82. The van der Waals surface area contributed by atoms with Crippen LogP contribution in [-0.4, -0.2) is 5.91 Å². The topological polar surface area (TPSA) is 55.1 Å². The molecule has 3 nitrogen and oxygen atoms in total. The van der Waals surface area contributed by atoms with E-state index < -0.39 is 6.04 Å². The van der Waals surface area contributed by atoms with E-state index in [0.29, 0.717) is 24.1 Å². The molecular formula is C16H15FN2O. The minimum Gasteiger partial charge on any atom is -0.325 e. The molecule has 0 radical (unpaired) electrons. The van der Waals surface area contributed by atoms with Crippen molar-refractivity contribution in [3.05, 3.63) is 65.0 Å². The highest BCUT2D eigenvalue weighted by Gasteiger charge is 2.22. The Morgan fingerprint density at radius 2 is 1.90 bits per heavy atom. The van der Waals surface area contributed by atoms with Crippen molar-refractivity contribution in [3.63, 3.8) is 0 Å². The molecule has 1 unspecified atom stereocenters. The molecule has 0 saturated heterocycles. The highest BCUT2D eigenvalue weighted by Crippen LogP contribution is 2.33. The Balaban J connectivity index is 2.09. The maximum atomic E-state index is 13.8. The lowest BCUT2D eigenvalue weighted by atomic mass is 9.92. The van der Waals surface area contributed by atoms with Gasteiger partial charge in [-0.1, -0.05) is 30.3 Å². The van der Waals surface area contributed by atoms with Crippen molar-refractivity contribution in [2.45, 2.75) is 18.9 Å². The van der Waals surface area contributed by atoms with Crippen LogP contribution in [0.15, 0.2) is 42.5 Å². The van der Waals surface area contributed by atoms with Crippen molar-refractivity contribution in [1.29, 1.82) is 0 Å². The zero-order chi connectivity index (χ0) is 14.1. The first kappa shape index (κ1) is 12.8. The van der Waals surface area contributed by atoms with Crippen molar-refractivity contribution in [2.24, 2.45) is 5.73 Å². The number of fused-ring (bicyclic) bond motifs is 1. The largest absolute Gasteiger partial charge is 0.325 e. The van der Waals surface area contributed by atoms with Crippen molar-refractivity contribution >= 4 is 11.6 Å². The molecule has 3 N–H and O–H groups in total. The van der Waals surface area contributed by atoms with Gasteiger partial charge in [-0.25, -0.2) is 4.39 Å². The molecule has 1 aliphatic heterocycles. The Kier molecular flexibility index (Phi) is 3.24. The van der Waals surface area contributed by atoms with Crippen LogP contribution in [0.3, 0.4) is 0 Å². The normalized spacial score (nSPS) is 15.4. The van der Waals surface area contributed by atoms with Crippen LogP contribution in [-0.2, 0) is 11.2 Å². The number of hydrogen-bond donors (Lipinski definition) is 2. The van der Waals surface area contributed by atoms with Crippen LogP contribution in [0.5, 0.6) is 0 Å². The van der Waals surface area contributed by atoms with Gasteiger partial charge in [-0.2, -0.15) is 0 Å².